The topological polar surface area (TPSA) is 139 Å². The Morgan fingerprint density at radius 2 is 2.33 bits per heavy atom. The Bertz CT molecular complexity index is 764. The third-order valence-electron chi connectivity index (χ3n) is 3.80. The summed E-state index contributed by atoms with van der Waals surface area (Å²) in [6.07, 6.45) is 0.853. The molecule has 2 heterocycles. The highest BCUT2D eigenvalue weighted by molar-refractivity contribution is 5.69. The van der Waals surface area contributed by atoms with E-state index in [1.54, 1.807) is 6.92 Å². The molecule has 10 heteroatoms. The minimum Gasteiger partial charge on any atom is -0.459 e. The van der Waals surface area contributed by atoms with Crippen LogP contribution in [-0.2, 0) is 14.3 Å². The van der Waals surface area contributed by atoms with Crippen LogP contribution >= 0.6 is 0 Å². The van der Waals surface area contributed by atoms with Crippen molar-refractivity contribution in [2.45, 2.75) is 51.5 Å². The lowest BCUT2D eigenvalue weighted by Gasteiger charge is -2.16. The fourth-order valence-corrected chi connectivity index (χ4v) is 2.57. The molecule has 1 aliphatic heterocycles. The van der Waals surface area contributed by atoms with Gasteiger partial charge in [0.15, 0.2) is 0 Å². The zero-order chi connectivity index (χ0) is 17.7. The van der Waals surface area contributed by atoms with Crippen molar-refractivity contribution < 1.29 is 14.3 Å². The Hall–Kier alpha value is -2.58. The number of carbonyl (C=O) groups excluding carboxylic acids is 1. The molecule has 3 atom stereocenters. The Balaban J connectivity index is 2.10. The number of H-pyrrole nitrogens is 1. The van der Waals surface area contributed by atoms with Gasteiger partial charge in [0.25, 0.3) is 5.56 Å². The average Bonchev–Trinajstić information content (AvgIpc) is 2.93. The van der Waals surface area contributed by atoms with Gasteiger partial charge >= 0.3 is 11.7 Å². The summed E-state index contributed by atoms with van der Waals surface area (Å²) >= 11 is 0. The van der Waals surface area contributed by atoms with Gasteiger partial charge in [0.1, 0.15) is 12.3 Å². The summed E-state index contributed by atoms with van der Waals surface area (Å²) in [6.45, 7) is 3.50. The fourth-order valence-electron chi connectivity index (χ4n) is 2.57. The first-order chi connectivity index (χ1) is 11.5. The van der Waals surface area contributed by atoms with Crippen molar-refractivity contribution in [2.24, 2.45) is 5.11 Å². The molecule has 0 aromatic carbocycles. The number of aryl methyl sites for hydroxylation is 1. The molecule has 1 aliphatic rings. The number of carbonyl (C=O) groups is 1. The van der Waals surface area contributed by atoms with E-state index in [9.17, 15) is 14.4 Å². The van der Waals surface area contributed by atoms with Gasteiger partial charge in [-0.3, -0.25) is 19.1 Å². The first kappa shape index (κ1) is 17.8. The lowest BCUT2D eigenvalue weighted by Crippen LogP contribution is -2.33. The van der Waals surface area contributed by atoms with E-state index in [1.165, 1.54) is 10.8 Å². The zero-order valence-electron chi connectivity index (χ0n) is 13.5. The van der Waals surface area contributed by atoms with Gasteiger partial charge in [-0.25, -0.2) is 4.79 Å². The standard InChI is InChI=1S/C14H19N5O5/c1-3-9-10(24-12(20)4-5-16-18-15)6-11(23-9)19-7-8(2)13(21)17-14(19)22/h7,9-11H,3-6H2,1-2H3,(H,17,21,22)/t9-,10?,11-/m1/s1. The Labute approximate surface area is 137 Å². The summed E-state index contributed by atoms with van der Waals surface area (Å²) in [5, 5.41) is 3.29. The SMILES string of the molecule is CC[C@H]1O[C@@H](n2cc(C)c(=O)[nH]c2=O)CC1OC(=O)CCN=[N+]=[N-]. The summed E-state index contributed by atoms with van der Waals surface area (Å²) in [5.41, 5.74) is 7.58. The van der Waals surface area contributed by atoms with Gasteiger partial charge in [0.2, 0.25) is 0 Å². The molecule has 0 radical (unpaired) electrons. The van der Waals surface area contributed by atoms with Crippen LogP contribution in [-0.4, -0.2) is 34.3 Å². The number of aromatic amines is 1. The predicted molar refractivity (Wildman–Crippen MR) is 83.4 cm³/mol. The molecule has 1 N–H and O–H groups in total. The normalized spacial score (nSPS) is 22.8. The van der Waals surface area contributed by atoms with Crippen molar-refractivity contribution in [3.05, 3.63) is 43.0 Å². The first-order valence-corrected chi connectivity index (χ1v) is 7.64. The number of hydrogen-bond donors (Lipinski definition) is 1. The maximum absolute atomic E-state index is 12.0. The number of nitrogens with zero attached hydrogens (tertiary/aromatic N) is 4. The van der Waals surface area contributed by atoms with E-state index in [0.717, 1.165) is 0 Å². The monoisotopic (exact) mass is 337 g/mol. The first-order valence-electron chi connectivity index (χ1n) is 7.64. The number of aromatic nitrogens is 2. The van der Waals surface area contributed by atoms with Crippen LogP contribution in [0.25, 0.3) is 10.4 Å². The summed E-state index contributed by atoms with van der Waals surface area (Å²) in [5.74, 6) is -0.486. The van der Waals surface area contributed by atoms with Crippen molar-refractivity contribution >= 4 is 5.97 Å². The highest BCUT2D eigenvalue weighted by atomic mass is 16.6. The van der Waals surface area contributed by atoms with Gasteiger partial charge in [-0.05, 0) is 18.9 Å². The number of esters is 1. The van der Waals surface area contributed by atoms with Crippen molar-refractivity contribution in [3.8, 4) is 0 Å². The van der Waals surface area contributed by atoms with Gasteiger partial charge in [0.05, 0.1) is 12.5 Å². The predicted octanol–water partition coefficient (Wildman–Crippen LogP) is 1.15. The van der Waals surface area contributed by atoms with Crippen molar-refractivity contribution in [1.29, 1.82) is 0 Å². The number of ether oxygens (including phenoxy) is 2. The average molecular weight is 337 g/mol. The molecule has 0 bridgehead atoms. The van der Waals surface area contributed by atoms with Gasteiger partial charge in [-0.1, -0.05) is 12.0 Å². The number of nitrogens with one attached hydrogen (secondary N) is 1. The summed E-state index contributed by atoms with van der Waals surface area (Å²) in [4.78, 5) is 40.0. The minimum atomic E-state index is -0.618. The second kappa shape index (κ2) is 7.80. The Morgan fingerprint density at radius 3 is 3.00 bits per heavy atom. The molecule has 24 heavy (non-hydrogen) atoms. The van der Waals surface area contributed by atoms with Crippen LogP contribution in [0.1, 0.15) is 38.0 Å². The Kier molecular flexibility index (Phi) is 5.78. The third kappa shape index (κ3) is 4.03. The smallest absolute Gasteiger partial charge is 0.330 e. The van der Waals surface area contributed by atoms with Crippen molar-refractivity contribution in [2.75, 3.05) is 6.54 Å². The molecule has 0 amide bonds. The zero-order valence-corrected chi connectivity index (χ0v) is 13.5. The van der Waals surface area contributed by atoms with Crippen LogP contribution in [0.2, 0.25) is 0 Å². The maximum Gasteiger partial charge on any atom is 0.330 e. The third-order valence-corrected chi connectivity index (χ3v) is 3.80. The maximum atomic E-state index is 12.0. The van der Waals surface area contributed by atoms with Crippen LogP contribution in [0.4, 0.5) is 0 Å². The van der Waals surface area contributed by atoms with Gasteiger partial charge < -0.3 is 9.47 Å². The molecule has 1 unspecified atom stereocenters. The van der Waals surface area contributed by atoms with Gasteiger partial charge in [0, 0.05) is 29.6 Å². The van der Waals surface area contributed by atoms with Crippen LogP contribution in [0.3, 0.4) is 0 Å². The molecule has 0 spiro atoms. The molecular formula is C14H19N5O5. The largest absolute Gasteiger partial charge is 0.459 e. The Morgan fingerprint density at radius 1 is 1.58 bits per heavy atom. The van der Waals surface area contributed by atoms with E-state index in [-0.39, 0.29) is 19.1 Å². The summed E-state index contributed by atoms with van der Waals surface area (Å²) in [6, 6.07) is 0. The lowest BCUT2D eigenvalue weighted by molar-refractivity contribution is -0.151. The van der Waals surface area contributed by atoms with E-state index < -0.39 is 29.6 Å². The van der Waals surface area contributed by atoms with Crippen LogP contribution < -0.4 is 11.2 Å². The van der Waals surface area contributed by atoms with Gasteiger partial charge in [-0.2, -0.15) is 0 Å². The minimum absolute atomic E-state index is 0.0145. The number of rotatable bonds is 6. The van der Waals surface area contributed by atoms with E-state index in [4.69, 9.17) is 15.0 Å². The molecule has 1 aromatic heterocycles. The van der Waals surface area contributed by atoms with Crippen LogP contribution in [0, 0.1) is 6.92 Å². The molecular weight excluding hydrogens is 318 g/mol. The van der Waals surface area contributed by atoms with Gasteiger partial charge in [-0.15, -0.1) is 0 Å². The quantitative estimate of drug-likeness (QED) is 0.359. The van der Waals surface area contributed by atoms with E-state index in [2.05, 4.69) is 15.0 Å². The summed E-state index contributed by atoms with van der Waals surface area (Å²) < 4.78 is 12.5. The van der Waals surface area contributed by atoms with E-state index in [0.29, 0.717) is 18.4 Å². The highest BCUT2D eigenvalue weighted by Gasteiger charge is 2.38. The molecule has 1 aromatic rings. The van der Waals surface area contributed by atoms with E-state index >= 15 is 0 Å². The number of hydrogen-bond acceptors (Lipinski definition) is 6. The molecule has 10 nitrogen and oxygen atoms in total. The molecule has 0 saturated carbocycles. The van der Waals surface area contributed by atoms with Crippen LogP contribution in [0.15, 0.2) is 20.9 Å². The fraction of sp³-hybridized carbons (Fsp3) is 0.643. The molecule has 2 rings (SSSR count). The molecule has 0 aliphatic carbocycles. The molecule has 130 valence electrons. The molecule has 1 fully saturated rings. The summed E-state index contributed by atoms with van der Waals surface area (Å²) in [7, 11) is 0. The van der Waals surface area contributed by atoms with E-state index in [1.807, 2.05) is 6.92 Å². The second-order valence-corrected chi connectivity index (χ2v) is 5.48. The van der Waals surface area contributed by atoms with Crippen LogP contribution in [0.5, 0.6) is 0 Å². The van der Waals surface area contributed by atoms with Crippen molar-refractivity contribution in [3.63, 3.8) is 0 Å². The number of azide groups is 1. The van der Waals surface area contributed by atoms with Crippen molar-refractivity contribution in [1.82, 2.24) is 9.55 Å². The highest BCUT2D eigenvalue weighted by Crippen LogP contribution is 2.31. The lowest BCUT2D eigenvalue weighted by atomic mass is 10.1. The molecule has 1 saturated heterocycles. The second-order valence-electron chi connectivity index (χ2n) is 5.48.